The third kappa shape index (κ3) is 3.13. The van der Waals surface area contributed by atoms with E-state index in [4.69, 9.17) is 0 Å². The number of rotatable bonds is 4. The van der Waals surface area contributed by atoms with Crippen LogP contribution in [0.4, 0.5) is 8.78 Å². The molecular weight excluding hydrogens is 361 g/mol. The lowest BCUT2D eigenvalue weighted by atomic mass is 10.2. The van der Waals surface area contributed by atoms with Crippen molar-refractivity contribution in [1.29, 1.82) is 0 Å². The first-order chi connectivity index (χ1) is 9.05. The van der Waals surface area contributed by atoms with Crippen molar-refractivity contribution in [3.63, 3.8) is 0 Å². The Bertz CT molecular complexity index is 573. The number of aryl methyl sites for hydroxylation is 1. The minimum atomic E-state index is -0.550. The molecule has 19 heavy (non-hydrogen) atoms. The topological polar surface area (TPSA) is 17.8 Å². The van der Waals surface area contributed by atoms with Gasteiger partial charge in [0, 0.05) is 6.07 Å². The van der Waals surface area contributed by atoms with Gasteiger partial charge in [-0.15, -0.1) is 0 Å². The highest BCUT2D eigenvalue weighted by atomic mass is 127. The Kier molecular flexibility index (Phi) is 4.54. The minimum Gasteiger partial charge on any atom is -0.264 e. The number of benzene rings is 1. The van der Waals surface area contributed by atoms with Crippen molar-refractivity contribution in [3.05, 3.63) is 50.4 Å². The lowest BCUT2D eigenvalue weighted by molar-refractivity contribution is 0.571. The van der Waals surface area contributed by atoms with Gasteiger partial charge in [-0.05, 0) is 53.1 Å². The first kappa shape index (κ1) is 14.4. The Morgan fingerprint density at radius 1 is 1.11 bits per heavy atom. The highest BCUT2D eigenvalue weighted by Crippen LogP contribution is 2.20. The SMILES string of the molecule is CCc1nn(Cc2cc(F)cc(F)c2)c(CC)c1I. The molecule has 0 saturated heterocycles. The summed E-state index contributed by atoms with van der Waals surface area (Å²) in [6.45, 7) is 4.51. The van der Waals surface area contributed by atoms with Crippen molar-refractivity contribution in [2.45, 2.75) is 33.2 Å². The number of nitrogens with zero attached hydrogens (tertiary/aromatic N) is 2. The number of aromatic nitrogens is 2. The van der Waals surface area contributed by atoms with Crippen LogP contribution in [-0.4, -0.2) is 9.78 Å². The Hall–Kier alpha value is -0.980. The minimum absolute atomic E-state index is 0.397. The molecule has 2 nitrogen and oxygen atoms in total. The summed E-state index contributed by atoms with van der Waals surface area (Å²) in [7, 11) is 0. The summed E-state index contributed by atoms with van der Waals surface area (Å²) >= 11 is 2.29. The standard InChI is InChI=1S/C14H15F2IN2/c1-3-12-14(17)13(4-2)19(18-12)8-9-5-10(15)7-11(16)6-9/h5-7H,3-4,8H2,1-2H3. The van der Waals surface area contributed by atoms with E-state index < -0.39 is 11.6 Å². The van der Waals surface area contributed by atoms with Crippen molar-refractivity contribution in [2.24, 2.45) is 0 Å². The fourth-order valence-corrected chi connectivity index (χ4v) is 3.25. The summed E-state index contributed by atoms with van der Waals surface area (Å²) in [5.41, 5.74) is 2.74. The maximum Gasteiger partial charge on any atom is 0.126 e. The van der Waals surface area contributed by atoms with Gasteiger partial charge in [0.1, 0.15) is 11.6 Å². The van der Waals surface area contributed by atoms with E-state index in [1.54, 1.807) is 0 Å². The van der Waals surface area contributed by atoms with Crippen molar-refractivity contribution >= 4 is 22.6 Å². The molecule has 2 rings (SSSR count). The summed E-state index contributed by atoms with van der Waals surface area (Å²) in [5, 5.41) is 4.52. The van der Waals surface area contributed by atoms with E-state index in [1.165, 1.54) is 12.1 Å². The van der Waals surface area contributed by atoms with E-state index in [0.717, 1.165) is 33.9 Å². The molecule has 2 aromatic rings. The van der Waals surface area contributed by atoms with Crippen molar-refractivity contribution in [2.75, 3.05) is 0 Å². The van der Waals surface area contributed by atoms with Gasteiger partial charge in [-0.25, -0.2) is 8.78 Å². The van der Waals surface area contributed by atoms with Gasteiger partial charge in [-0.1, -0.05) is 13.8 Å². The molecule has 0 N–H and O–H groups in total. The highest BCUT2D eigenvalue weighted by Gasteiger charge is 2.13. The van der Waals surface area contributed by atoms with Gasteiger partial charge in [-0.2, -0.15) is 5.10 Å². The molecule has 102 valence electrons. The molecule has 1 heterocycles. The predicted octanol–water partition coefficient (Wildman–Crippen LogP) is 3.94. The fraction of sp³-hybridized carbons (Fsp3) is 0.357. The maximum absolute atomic E-state index is 13.2. The molecule has 0 aliphatic rings. The molecule has 0 spiro atoms. The summed E-state index contributed by atoms with van der Waals surface area (Å²) in [4.78, 5) is 0. The third-order valence-electron chi connectivity index (χ3n) is 2.98. The molecule has 0 radical (unpaired) electrons. The molecular formula is C14H15F2IN2. The largest absolute Gasteiger partial charge is 0.264 e. The molecule has 1 aromatic carbocycles. The van der Waals surface area contributed by atoms with Crippen LogP contribution in [0.3, 0.4) is 0 Å². The predicted molar refractivity (Wildman–Crippen MR) is 79.2 cm³/mol. The van der Waals surface area contributed by atoms with Gasteiger partial charge < -0.3 is 0 Å². The number of hydrogen-bond donors (Lipinski definition) is 0. The van der Waals surface area contributed by atoms with Gasteiger partial charge in [0.05, 0.1) is 21.5 Å². The van der Waals surface area contributed by atoms with Crippen LogP contribution in [0.25, 0.3) is 0 Å². The first-order valence-electron chi connectivity index (χ1n) is 6.24. The Balaban J connectivity index is 2.37. The van der Waals surface area contributed by atoms with E-state index >= 15 is 0 Å². The van der Waals surface area contributed by atoms with Gasteiger partial charge in [0.25, 0.3) is 0 Å². The Morgan fingerprint density at radius 3 is 2.26 bits per heavy atom. The van der Waals surface area contributed by atoms with Crippen molar-refractivity contribution in [3.8, 4) is 0 Å². The van der Waals surface area contributed by atoms with Crippen LogP contribution in [0.1, 0.15) is 30.8 Å². The highest BCUT2D eigenvalue weighted by molar-refractivity contribution is 14.1. The molecule has 0 aliphatic heterocycles. The number of hydrogen-bond acceptors (Lipinski definition) is 1. The summed E-state index contributed by atoms with van der Waals surface area (Å²) in [6, 6.07) is 3.58. The van der Waals surface area contributed by atoms with Crippen molar-refractivity contribution in [1.82, 2.24) is 9.78 Å². The van der Waals surface area contributed by atoms with E-state index in [2.05, 4.69) is 41.5 Å². The van der Waals surface area contributed by atoms with Crippen LogP contribution < -0.4 is 0 Å². The van der Waals surface area contributed by atoms with E-state index in [0.29, 0.717) is 12.1 Å². The summed E-state index contributed by atoms with van der Waals surface area (Å²) in [6.07, 6.45) is 1.71. The van der Waals surface area contributed by atoms with Crippen LogP contribution in [-0.2, 0) is 19.4 Å². The molecule has 0 unspecified atom stereocenters. The zero-order chi connectivity index (χ0) is 14.0. The lowest BCUT2D eigenvalue weighted by Crippen LogP contribution is -2.07. The molecule has 1 aromatic heterocycles. The zero-order valence-electron chi connectivity index (χ0n) is 10.9. The molecule has 0 atom stereocenters. The molecule has 0 fully saturated rings. The van der Waals surface area contributed by atoms with Crippen LogP contribution >= 0.6 is 22.6 Å². The second-order valence-electron chi connectivity index (χ2n) is 4.35. The first-order valence-corrected chi connectivity index (χ1v) is 7.32. The molecule has 0 amide bonds. The lowest BCUT2D eigenvalue weighted by Gasteiger charge is -2.07. The van der Waals surface area contributed by atoms with Gasteiger partial charge in [-0.3, -0.25) is 4.68 Å². The smallest absolute Gasteiger partial charge is 0.126 e. The molecule has 0 aliphatic carbocycles. The molecule has 0 saturated carbocycles. The normalized spacial score (nSPS) is 11.0. The Labute approximate surface area is 125 Å². The summed E-state index contributed by atoms with van der Waals surface area (Å²) in [5.74, 6) is -1.10. The number of halogens is 3. The fourth-order valence-electron chi connectivity index (χ4n) is 2.10. The Morgan fingerprint density at radius 2 is 1.74 bits per heavy atom. The molecule has 5 heteroatoms. The monoisotopic (exact) mass is 376 g/mol. The van der Waals surface area contributed by atoms with Crippen LogP contribution in [0.5, 0.6) is 0 Å². The summed E-state index contributed by atoms with van der Waals surface area (Å²) < 4.78 is 29.4. The van der Waals surface area contributed by atoms with Gasteiger partial charge >= 0.3 is 0 Å². The quantitative estimate of drug-likeness (QED) is 0.740. The van der Waals surface area contributed by atoms with Crippen LogP contribution in [0, 0.1) is 15.2 Å². The van der Waals surface area contributed by atoms with Gasteiger partial charge in [0.2, 0.25) is 0 Å². The van der Waals surface area contributed by atoms with Crippen molar-refractivity contribution < 1.29 is 8.78 Å². The van der Waals surface area contributed by atoms with Crippen LogP contribution in [0.2, 0.25) is 0 Å². The second-order valence-corrected chi connectivity index (χ2v) is 5.43. The average Bonchev–Trinajstić information content (AvgIpc) is 2.63. The maximum atomic E-state index is 13.2. The second kappa shape index (κ2) is 5.98. The van der Waals surface area contributed by atoms with E-state index in [9.17, 15) is 8.78 Å². The van der Waals surface area contributed by atoms with Crippen LogP contribution in [0.15, 0.2) is 18.2 Å². The van der Waals surface area contributed by atoms with Gasteiger partial charge in [0.15, 0.2) is 0 Å². The van der Waals surface area contributed by atoms with E-state index in [1.807, 2.05) is 4.68 Å². The third-order valence-corrected chi connectivity index (χ3v) is 4.23. The average molecular weight is 376 g/mol. The molecule has 0 bridgehead atoms. The zero-order valence-corrected chi connectivity index (χ0v) is 13.0. The van der Waals surface area contributed by atoms with E-state index in [-0.39, 0.29) is 0 Å².